The topological polar surface area (TPSA) is 44.5 Å². The van der Waals surface area contributed by atoms with E-state index in [1.807, 2.05) is 24.4 Å². The summed E-state index contributed by atoms with van der Waals surface area (Å²) >= 11 is 0. The van der Waals surface area contributed by atoms with Gasteiger partial charge in [-0.2, -0.15) is 0 Å². The van der Waals surface area contributed by atoms with Gasteiger partial charge in [0.2, 0.25) is 0 Å². The molecule has 0 aliphatic carbocycles. The first-order valence-corrected chi connectivity index (χ1v) is 7.49. The quantitative estimate of drug-likeness (QED) is 0.646. The van der Waals surface area contributed by atoms with Gasteiger partial charge in [-0.1, -0.05) is 12.1 Å². The Balaban J connectivity index is 1.82. The van der Waals surface area contributed by atoms with Gasteiger partial charge >= 0.3 is 7.12 Å². The van der Waals surface area contributed by atoms with Gasteiger partial charge in [0.1, 0.15) is 11.2 Å². The molecule has 1 fully saturated rings. The number of rotatable bonds is 1. The molecule has 0 spiro atoms. The van der Waals surface area contributed by atoms with Crippen LogP contribution in [0.1, 0.15) is 27.7 Å². The minimum atomic E-state index is -0.365. The highest BCUT2D eigenvalue weighted by Crippen LogP contribution is 2.37. The number of furan rings is 1. The van der Waals surface area contributed by atoms with Gasteiger partial charge in [-0.05, 0) is 45.3 Å². The molecule has 2 aromatic heterocycles. The molecule has 1 aliphatic heterocycles. The summed E-state index contributed by atoms with van der Waals surface area (Å²) in [6, 6.07) is 7.92. The zero-order valence-corrected chi connectivity index (χ0v) is 13.2. The van der Waals surface area contributed by atoms with Gasteiger partial charge in [-0.15, -0.1) is 0 Å². The molecule has 0 unspecified atom stereocenters. The van der Waals surface area contributed by atoms with E-state index in [4.69, 9.17) is 13.7 Å². The maximum absolute atomic E-state index is 6.12. The number of aromatic nitrogens is 1. The fourth-order valence-electron chi connectivity index (χ4n) is 2.76. The van der Waals surface area contributed by atoms with E-state index in [9.17, 15) is 0 Å². The predicted molar refractivity (Wildman–Crippen MR) is 87.2 cm³/mol. The number of hydrogen-bond acceptors (Lipinski definition) is 4. The summed E-state index contributed by atoms with van der Waals surface area (Å²) in [6.45, 7) is 8.23. The van der Waals surface area contributed by atoms with Crippen molar-refractivity contribution in [3.05, 3.63) is 36.7 Å². The molecule has 0 amide bonds. The van der Waals surface area contributed by atoms with Gasteiger partial charge in [0.15, 0.2) is 0 Å². The normalized spacial score (nSPS) is 20.1. The highest BCUT2D eigenvalue weighted by atomic mass is 16.7. The standard InChI is InChI=1S/C17H18BNO3/c1-16(2)17(3,4)22-18(21-16)11-5-6-14-12(9-11)13-10-19-8-7-15(13)20-14/h5-10H,1-4H3. The van der Waals surface area contributed by atoms with Crippen molar-refractivity contribution in [3.8, 4) is 0 Å². The van der Waals surface area contributed by atoms with Crippen LogP contribution in [0.4, 0.5) is 0 Å². The third-order valence-electron chi connectivity index (χ3n) is 4.82. The minimum Gasteiger partial charge on any atom is -0.456 e. The smallest absolute Gasteiger partial charge is 0.456 e. The first-order valence-electron chi connectivity index (χ1n) is 7.49. The van der Waals surface area contributed by atoms with Gasteiger partial charge in [0, 0.05) is 23.2 Å². The van der Waals surface area contributed by atoms with E-state index >= 15 is 0 Å². The Morgan fingerprint density at radius 3 is 2.32 bits per heavy atom. The first-order chi connectivity index (χ1) is 10.4. The number of pyridine rings is 1. The van der Waals surface area contributed by atoms with Crippen LogP contribution in [-0.4, -0.2) is 23.3 Å². The number of benzene rings is 1. The maximum atomic E-state index is 6.12. The molecule has 3 aromatic rings. The lowest BCUT2D eigenvalue weighted by molar-refractivity contribution is 0.00578. The van der Waals surface area contributed by atoms with Crippen molar-refractivity contribution in [2.75, 3.05) is 0 Å². The second-order valence-electron chi connectivity index (χ2n) is 6.82. The summed E-state index contributed by atoms with van der Waals surface area (Å²) in [6.07, 6.45) is 3.56. The van der Waals surface area contributed by atoms with Crippen LogP contribution in [0.25, 0.3) is 21.9 Å². The highest BCUT2D eigenvalue weighted by Gasteiger charge is 2.51. The highest BCUT2D eigenvalue weighted by molar-refractivity contribution is 6.62. The van der Waals surface area contributed by atoms with E-state index in [1.54, 1.807) is 6.20 Å². The predicted octanol–water partition coefficient (Wildman–Crippen LogP) is 3.28. The molecule has 5 heteroatoms. The van der Waals surface area contributed by atoms with Crippen molar-refractivity contribution < 1.29 is 13.7 Å². The monoisotopic (exact) mass is 295 g/mol. The third-order valence-corrected chi connectivity index (χ3v) is 4.82. The largest absolute Gasteiger partial charge is 0.494 e. The fraction of sp³-hybridized carbons (Fsp3) is 0.353. The van der Waals surface area contributed by atoms with Crippen LogP contribution in [0.15, 0.2) is 41.1 Å². The second kappa shape index (κ2) is 4.34. The molecule has 0 atom stereocenters. The molecule has 22 heavy (non-hydrogen) atoms. The van der Waals surface area contributed by atoms with Gasteiger partial charge < -0.3 is 13.7 Å². The average Bonchev–Trinajstić information content (AvgIpc) is 2.93. The van der Waals surface area contributed by atoms with Crippen molar-refractivity contribution in [1.29, 1.82) is 0 Å². The lowest BCUT2D eigenvalue weighted by Crippen LogP contribution is -2.41. The molecular formula is C17H18BNO3. The third kappa shape index (κ3) is 1.89. The Labute approximate surface area is 129 Å². The van der Waals surface area contributed by atoms with E-state index < -0.39 is 0 Å². The van der Waals surface area contributed by atoms with Crippen LogP contribution >= 0.6 is 0 Å². The molecule has 0 N–H and O–H groups in total. The van der Waals surface area contributed by atoms with E-state index in [-0.39, 0.29) is 18.3 Å². The second-order valence-corrected chi connectivity index (χ2v) is 6.82. The Morgan fingerprint density at radius 2 is 1.59 bits per heavy atom. The zero-order valence-electron chi connectivity index (χ0n) is 13.2. The molecule has 0 radical (unpaired) electrons. The van der Waals surface area contributed by atoms with Crippen molar-refractivity contribution in [2.45, 2.75) is 38.9 Å². The van der Waals surface area contributed by atoms with E-state index in [0.29, 0.717) is 0 Å². The zero-order chi connectivity index (χ0) is 15.5. The van der Waals surface area contributed by atoms with Gasteiger partial charge in [0.05, 0.1) is 11.2 Å². The first kappa shape index (κ1) is 13.8. The van der Waals surface area contributed by atoms with Gasteiger partial charge in [-0.25, -0.2) is 0 Å². The maximum Gasteiger partial charge on any atom is 0.494 e. The molecule has 1 aliphatic rings. The summed E-state index contributed by atoms with van der Waals surface area (Å²) in [5.41, 5.74) is 2.01. The van der Waals surface area contributed by atoms with Crippen LogP contribution in [0.5, 0.6) is 0 Å². The van der Waals surface area contributed by atoms with Crippen LogP contribution in [-0.2, 0) is 9.31 Å². The summed E-state index contributed by atoms with van der Waals surface area (Å²) in [5.74, 6) is 0. The van der Waals surface area contributed by atoms with Crippen LogP contribution < -0.4 is 5.46 Å². The van der Waals surface area contributed by atoms with Gasteiger partial charge in [0.25, 0.3) is 0 Å². The number of fused-ring (bicyclic) bond motifs is 3. The summed E-state index contributed by atoms with van der Waals surface area (Å²) in [7, 11) is -0.365. The fourth-order valence-corrected chi connectivity index (χ4v) is 2.76. The van der Waals surface area contributed by atoms with Crippen molar-refractivity contribution in [1.82, 2.24) is 4.98 Å². The van der Waals surface area contributed by atoms with Crippen molar-refractivity contribution >= 4 is 34.5 Å². The summed E-state index contributed by atoms with van der Waals surface area (Å²) in [5, 5.41) is 2.05. The molecule has 112 valence electrons. The van der Waals surface area contributed by atoms with E-state index in [2.05, 4.69) is 38.7 Å². The molecule has 4 nitrogen and oxygen atoms in total. The Bertz CT molecular complexity index is 853. The molecule has 1 aromatic carbocycles. The Morgan fingerprint density at radius 1 is 0.909 bits per heavy atom. The average molecular weight is 295 g/mol. The molecule has 1 saturated heterocycles. The van der Waals surface area contributed by atoms with Crippen LogP contribution in [0, 0.1) is 0 Å². The van der Waals surface area contributed by atoms with Crippen LogP contribution in [0.3, 0.4) is 0 Å². The van der Waals surface area contributed by atoms with E-state index in [1.165, 1.54) is 0 Å². The summed E-state index contributed by atoms with van der Waals surface area (Å²) < 4.78 is 18.1. The van der Waals surface area contributed by atoms with Gasteiger partial charge in [-0.3, -0.25) is 4.98 Å². The van der Waals surface area contributed by atoms with E-state index in [0.717, 1.165) is 27.4 Å². The SMILES string of the molecule is CC1(C)OB(c2ccc3oc4ccncc4c3c2)OC1(C)C. The molecular weight excluding hydrogens is 277 g/mol. The minimum absolute atomic E-state index is 0.341. The summed E-state index contributed by atoms with van der Waals surface area (Å²) in [4.78, 5) is 4.19. The molecule has 0 bridgehead atoms. The molecule has 0 saturated carbocycles. The molecule has 4 rings (SSSR count). The van der Waals surface area contributed by atoms with Crippen molar-refractivity contribution in [3.63, 3.8) is 0 Å². The Hall–Kier alpha value is -1.85. The lowest BCUT2D eigenvalue weighted by Gasteiger charge is -2.32. The Kier molecular flexibility index (Phi) is 2.72. The molecule has 3 heterocycles. The number of nitrogens with zero attached hydrogens (tertiary/aromatic N) is 1. The van der Waals surface area contributed by atoms with Crippen LogP contribution in [0.2, 0.25) is 0 Å². The van der Waals surface area contributed by atoms with Crippen molar-refractivity contribution in [2.24, 2.45) is 0 Å². The number of hydrogen-bond donors (Lipinski definition) is 0. The lowest BCUT2D eigenvalue weighted by atomic mass is 9.78.